The molecule has 0 spiro atoms. The number of nitrogens with one attached hydrogen (secondary N) is 1. The summed E-state index contributed by atoms with van der Waals surface area (Å²) in [5.41, 5.74) is -0.458. The average molecular weight is 373 g/mol. The summed E-state index contributed by atoms with van der Waals surface area (Å²) >= 11 is 0. The Labute approximate surface area is 155 Å². The zero-order valence-corrected chi connectivity index (χ0v) is 15.4. The highest BCUT2D eigenvalue weighted by Gasteiger charge is 2.50. The van der Waals surface area contributed by atoms with Crippen LogP contribution in [0.1, 0.15) is 29.6 Å². The molecule has 9 nitrogen and oxygen atoms in total. The second-order valence-electron chi connectivity index (χ2n) is 6.54. The zero-order valence-electron chi connectivity index (χ0n) is 15.4. The van der Waals surface area contributed by atoms with Crippen molar-refractivity contribution in [3.05, 3.63) is 57.0 Å². The van der Waals surface area contributed by atoms with Gasteiger partial charge in [0.2, 0.25) is 0 Å². The second-order valence-corrected chi connectivity index (χ2v) is 6.54. The third kappa shape index (κ3) is 3.01. The lowest BCUT2D eigenvalue weighted by Gasteiger charge is -2.21. The molecule has 1 saturated heterocycles. The fourth-order valence-electron chi connectivity index (χ4n) is 3.31. The third-order valence-corrected chi connectivity index (χ3v) is 4.64. The Morgan fingerprint density at radius 3 is 2.56 bits per heavy atom. The molecule has 1 aromatic heterocycles. The first kappa shape index (κ1) is 18.4. The Morgan fingerprint density at radius 2 is 2.00 bits per heavy atom. The van der Waals surface area contributed by atoms with Gasteiger partial charge in [0.15, 0.2) is 5.75 Å². The number of hydrogen-bond acceptors (Lipinski definition) is 6. The molecule has 0 radical (unpaired) electrons. The molecule has 3 amide bonds. The van der Waals surface area contributed by atoms with Gasteiger partial charge in [0, 0.05) is 11.6 Å². The van der Waals surface area contributed by atoms with Gasteiger partial charge in [0.05, 0.1) is 18.6 Å². The number of rotatable bonds is 5. The number of aryl methyl sites for hydroxylation is 2. The summed E-state index contributed by atoms with van der Waals surface area (Å²) in [4.78, 5) is 37.1. The number of carbonyl (C=O) groups excluding carboxylic acids is 2. The number of nitro groups is 1. The fourth-order valence-corrected chi connectivity index (χ4v) is 3.31. The number of nitrogens with zero attached hydrogens (tertiary/aromatic N) is 2. The van der Waals surface area contributed by atoms with Gasteiger partial charge in [-0.2, -0.15) is 0 Å². The normalized spacial score (nSPS) is 19.3. The van der Waals surface area contributed by atoms with E-state index < -0.39 is 22.4 Å². The largest absolute Gasteiger partial charge is 0.490 e. The Bertz CT molecular complexity index is 951. The number of nitro benzene ring substituents is 1. The van der Waals surface area contributed by atoms with E-state index in [9.17, 15) is 19.7 Å². The van der Waals surface area contributed by atoms with E-state index in [4.69, 9.17) is 9.15 Å². The van der Waals surface area contributed by atoms with Crippen LogP contribution in [0.25, 0.3) is 0 Å². The summed E-state index contributed by atoms with van der Waals surface area (Å²) in [5.74, 6) is 0.839. The molecule has 1 fully saturated rings. The van der Waals surface area contributed by atoms with Crippen molar-refractivity contribution in [1.29, 1.82) is 0 Å². The maximum Gasteiger partial charge on any atom is 0.325 e. The minimum Gasteiger partial charge on any atom is -0.490 e. The molecule has 0 aliphatic carbocycles. The standard InChI is InChI=1S/C18H19N3O6/c1-10-7-13(11(2)27-10)18(3)16(22)20(17(23)19-18)9-12-5-6-15(26-4)14(8-12)21(24)25/h5-8H,9H2,1-4H3,(H,19,23). The number of urea groups is 1. The van der Waals surface area contributed by atoms with E-state index in [0.717, 1.165) is 4.90 Å². The Hall–Kier alpha value is -3.36. The summed E-state index contributed by atoms with van der Waals surface area (Å²) in [7, 11) is 1.33. The van der Waals surface area contributed by atoms with E-state index in [-0.39, 0.29) is 18.0 Å². The van der Waals surface area contributed by atoms with Crippen LogP contribution < -0.4 is 10.1 Å². The van der Waals surface area contributed by atoms with Gasteiger partial charge in [-0.25, -0.2) is 4.79 Å². The first-order valence-corrected chi connectivity index (χ1v) is 8.20. The minimum atomic E-state index is -1.25. The molecule has 1 aliphatic heterocycles. The highest BCUT2D eigenvalue weighted by Crippen LogP contribution is 2.34. The van der Waals surface area contributed by atoms with Gasteiger partial charge in [-0.05, 0) is 38.5 Å². The number of amides is 3. The van der Waals surface area contributed by atoms with E-state index in [1.54, 1.807) is 32.9 Å². The smallest absolute Gasteiger partial charge is 0.325 e. The molecule has 2 heterocycles. The van der Waals surface area contributed by atoms with Gasteiger partial charge in [0.25, 0.3) is 5.91 Å². The van der Waals surface area contributed by atoms with Crippen molar-refractivity contribution in [3.63, 3.8) is 0 Å². The number of hydrogen-bond donors (Lipinski definition) is 1. The lowest BCUT2D eigenvalue weighted by molar-refractivity contribution is -0.385. The molecular formula is C18H19N3O6. The molecule has 3 rings (SSSR count). The fraction of sp³-hybridized carbons (Fsp3) is 0.333. The molecular weight excluding hydrogens is 354 g/mol. The highest BCUT2D eigenvalue weighted by atomic mass is 16.6. The topological polar surface area (TPSA) is 115 Å². The van der Waals surface area contributed by atoms with Gasteiger partial charge < -0.3 is 14.5 Å². The molecule has 0 saturated carbocycles. The van der Waals surface area contributed by atoms with E-state index in [1.165, 1.54) is 19.2 Å². The van der Waals surface area contributed by atoms with Crippen LogP contribution in [-0.4, -0.2) is 28.9 Å². The molecule has 2 aromatic rings. The van der Waals surface area contributed by atoms with Crippen molar-refractivity contribution < 1.29 is 23.7 Å². The van der Waals surface area contributed by atoms with Crippen molar-refractivity contribution in [1.82, 2.24) is 10.2 Å². The van der Waals surface area contributed by atoms with Crippen LogP contribution in [0.3, 0.4) is 0 Å². The van der Waals surface area contributed by atoms with Crippen molar-refractivity contribution in [2.45, 2.75) is 32.9 Å². The second kappa shape index (κ2) is 6.42. The first-order chi connectivity index (χ1) is 12.7. The van der Waals surface area contributed by atoms with Crippen LogP contribution >= 0.6 is 0 Å². The molecule has 1 unspecified atom stereocenters. The van der Waals surface area contributed by atoms with E-state index in [0.29, 0.717) is 22.6 Å². The lowest BCUT2D eigenvalue weighted by Crippen LogP contribution is -2.41. The number of benzene rings is 1. The first-order valence-electron chi connectivity index (χ1n) is 8.20. The number of imide groups is 1. The molecule has 142 valence electrons. The number of furan rings is 1. The quantitative estimate of drug-likeness (QED) is 0.489. The van der Waals surface area contributed by atoms with Gasteiger partial charge in [0.1, 0.15) is 17.1 Å². The predicted molar refractivity (Wildman–Crippen MR) is 94.3 cm³/mol. The summed E-state index contributed by atoms with van der Waals surface area (Å²) in [6.45, 7) is 5.00. The molecule has 0 bridgehead atoms. The van der Waals surface area contributed by atoms with Crippen LogP contribution in [0.15, 0.2) is 28.7 Å². The minimum absolute atomic E-state index is 0.0963. The van der Waals surface area contributed by atoms with Crippen LogP contribution in [0.2, 0.25) is 0 Å². The summed E-state index contributed by atoms with van der Waals surface area (Å²) in [6.07, 6.45) is 0. The molecule has 1 aliphatic rings. The monoisotopic (exact) mass is 373 g/mol. The van der Waals surface area contributed by atoms with Crippen LogP contribution in [-0.2, 0) is 16.9 Å². The van der Waals surface area contributed by atoms with E-state index in [2.05, 4.69) is 5.32 Å². The Balaban J connectivity index is 1.92. The van der Waals surface area contributed by atoms with Gasteiger partial charge in [-0.1, -0.05) is 6.07 Å². The van der Waals surface area contributed by atoms with E-state index in [1.807, 2.05) is 0 Å². The third-order valence-electron chi connectivity index (χ3n) is 4.64. The molecule has 1 atom stereocenters. The van der Waals surface area contributed by atoms with Gasteiger partial charge in [-0.3, -0.25) is 19.8 Å². The number of methoxy groups -OCH3 is 1. The van der Waals surface area contributed by atoms with Crippen LogP contribution in [0.5, 0.6) is 5.75 Å². The highest BCUT2D eigenvalue weighted by molar-refractivity contribution is 6.07. The molecule has 9 heteroatoms. The summed E-state index contributed by atoms with van der Waals surface area (Å²) in [5, 5.41) is 13.9. The SMILES string of the molecule is COc1ccc(CN2C(=O)NC(C)(c3cc(C)oc3C)C2=O)cc1[N+](=O)[O-]. The Morgan fingerprint density at radius 1 is 1.30 bits per heavy atom. The van der Waals surface area contributed by atoms with Crippen molar-refractivity contribution >= 4 is 17.6 Å². The molecule has 1 aromatic carbocycles. The predicted octanol–water partition coefficient (Wildman–Crippen LogP) is 2.78. The maximum absolute atomic E-state index is 13.0. The van der Waals surface area contributed by atoms with Crippen molar-refractivity contribution in [2.75, 3.05) is 7.11 Å². The average Bonchev–Trinajstić information content (AvgIpc) is 3.06. The maximum atomic E-state index is 13.0. The lowest BCUT2D eigenvalue weighted by atomic mass is 9.92. The van der Waals surface area contributed by atoms with E-state index >= 15 is 0 Å². The van der Waals surface area contributed by atoms with Crippen LogP contribution in [0, 0.1) is 24.0 Å². The van der Waals surface area contributed by atoms with Gasteiger partial charge in [-0.15, -0.1) is 0 Å². The zero-order chi connectivity index (χ0) is 19.9. The summed E-state index contributed by atoms with van der Waals surface area (Å²) in [6, 6.07) is 5.46. The molecule has 27 heavy (non-hydrogen) atoms. The Kier molecular flexibility index (Phi) is 4.38. The van der Waals surface area contributed by atoms with Crippen molar-refractivity contribution in [3.8, 4) is 5.75 Å². The molecule has 1 N–H and O–H groups in total. The number of carbonyl (C=O) groups is 2. The summed E-state index contributed by atoms with van der Waals surface area (Å²) < 4.78 is 10.5. The number of ether oxygens (including phenoxy) is 1. The van der Waals surface area contributed by atoms with Gasteiger partial charge >= 0.3 is 11.7 Å². The van der Waals surface area contributed by atoms with Crippen LogP contribution in [0.4, 0.5) is 10.5 Å². The van der Waals surface area contributed by atoms with Crippen molar-refractivity contribution in [2.24, 2.45) is 0 Å².